The van der Waals surface area contributed by atoms with Crippen LogP contribution in [0.2, 0.25) is 0 Å². The summed E-state index contributed by atoms with van der Waals surface area (Å²) in [5.74, 6) is -0.188. The topological polar surface area (TPSA) is 64.6 Å². The van der Waals surface area contributed by atoms with Gasteiger partial charge in [-0.25, -0.2) is 4.79 Å². The molecule has 0 bridgehead atoms. The van der Waals surface area contributed by atoms with Crippen LogP contribution in [0.3, 0.4) is 0 Å². The van der Waals surface area contributed by atoms with Crippen molar-refractivity contribution in [1.82, 2.24) is 5.32 Å². The number of carbonyl (C=O) groups excluding carboxylic acids is 2. The van der Waals surface area contributed by atoms with Gasteiger partial charge in [-0.3, -0.25) is 4.79 Å². The molecule has 5 heteroatoms. The molecule has 1 saturated carbocycles. The summed E-state index contributed by atoms with van der Waals surface area (Å²) in [4.78, 5) is 23.2. The third-order valence-corrected chi connectivity index (χ3v) is 2.88. The molecule has 0 spiro atoms. The molecule has 0 unspecified atom stereocenters. The molecule has 1 rings (SSSR count). The van der Waals surface area contributed by atoms with Gasteiger partial charge in [-0.05, 0) is 47.5 Å². The summed E-state index contributed by atoms with van der Waals surface area (Å²) >= 11 is 0. The maximum Gasteiger partial charge on any atom is 0.407 e. The first-order valence-corrected chi connectivity index (χ1v) is 6.33. The van der Waals surface area contributed by atoms with Gasteiger partial charge in [0.15, 0.2) is 0 Å². The summed E-state index contributed by atoms with van der Waals surface area (Å²) in [6, 6.07) is -0.00532. The van der Waals surface area contributed by atoms with Crippen LogP contribution in [0.4, 0.5) is 4.79 Å². The summed E-state index contributed by atoms with van der Waals surface area (Å²) < 4.78 is 10.2. The minimum Gasteiger partial charge on any atom is -0.466 e. The minimum atomic E-state index is -0.502. The van der Waals surface area contributed by atoms with Crippen molar-refractivity contribution >= 4 is 12.1 Å². The zero-order valence-corrected chi connectivity index (χ0v) is 11.8. The van der Waals surface area contributed by atoms with Crippen molar-refractivity contribution in [3.63, 3.8) is 0 Å². The van der Waals surface area contributed by atoms with E-state index in [4.69, 9.17) is 9.47 Å². The van der Waals surface area contributed by atoms with Crippen LogP contribution in [-0.2, 0) is 14.3 Å². The first kappa shape index (κ1) is 14.8. The van der Waals surface area contributed by atoms with Crippen LogP contribution in [-0.4, -0.2) is 30.3 Å². The molecule has 1 amide bonds. The van der Waals surface area contributed by atoms with Crippen molar-refractivity contribution in [1.29, 1.82) is 0 Å². The zero-order chi connectivity index (χ0) is 14.0. The van der Waals surface area contributed by atoms with Crippen molar-refractivity contribution in [2.75, 3.05) is 6.61 Å². The molecule has 0 heterocycles. The SMILES string of the molecule is CCOC(=O)C1(C)CC(NC(=O)OC(C)(C)C)C1. The molecule has 0 aromatic heterocycles. The molecule has 1 N–H and O–H groups in total. The van der Waals surface area contributed by atoms with Crippen molar-refractivity contribution in [2.45, 2.75) is 59.1 Å². The summed E-state index contributed by atoms with van der Waals surface area (Å²) in [5.41, 5.74) is -0.964. The maximum absolute atomic E-state index is 11.6. The summed E-state index contributed by atoms with van der Waals surface area (Å²) in [5, 5.41) is 2.76. The fraction of sp³-hybridized carbons (Fsp3) is 0.846. The lowest BCUT2D eigenvalue weighted by Crippen LogP contribution is -2.54. The predicted octanol–water partition coefficient (Wildman–Crippen LogP) is 2.24. The molecule has 1 aliphatic rings. The lowest BCUT2D eigenvalue weighted by atomic mass is 9.67. The van der Waals surface area contributed by atoms with E-state index in [0.29, 0.717) is 19.4 Å². The van der Waals surface area contributed by atoms with Gasteiger partial charge in [0.25, 0.3) is 0 Å². The van der Waals surface area contributed by atoms with Crippen LogP contribution >= 0.6 is 0 Å². The van der Waals surface area contributed by atoms with Crippen molar-refractivity contribution < 1.29 is 19.1 Å². The third-order valence-electron chi connectivity index (χ3n) is 2.88. The Morgan fingerprint density at radius 3 is 2.33 bits per heavy atom. The number of hydrogen-bond donors (Lipinski definition) is 1. The number of amides is 1. The van der Waals surface area contributed by atoms with Crippen molar-refractivity contribution in [2.24, 2.45) is 5.41 Å². The average Bonchev–Trinajstić information content (AvgIpc) is 2.12. The molecule has 0 aromatic carbocycles. The zero-order valence-electron chi connectivity index (χ0n) is 11.8. The Bertz CT molecular complexity index is 326. The Hall–Kier alpha value is -1.26. The molecule has 0 radical (unpaired) electrons. The number of hydrogen-bond acceptors (Lipinski definition) is 4. The van der Waals surface area contributed by atoms with E-state index in [9.17, 15) is 9.59 Å². The fourth-order valence-corrected chi connectivity index (χ4v) is 2.08. The highest BCUT2D eigenvalue weighted by atomic mass is 16.6. The smallest absolute Gasteiger partial charge is 0.407 e. The molecule has 0 aromatic rings. The molecule has 0 atom stereocenters. The quantitative estimate of drug-likeness (QED) is 0.787. The number of rotatable bonds is 3. The Labute approximate surface area is 108 Å². The van der Waals surface area contributed by atoms with Crippen LogP contribution in [0.25, 0.3) is 0 Å². The lowest BCUT2D eigenvalue weighted by molar-refractivity contribution is -0.161. The number of ether oxygens (including phenoxy) is 2. The molecule has 104 valence electrons. The Morgan fingerprint density at radius 2 is 1.89 bits per heavy atom. The minimum absolute atomic E-state index is 0.00532. The highest BCUT2D eigenvalue weighted by Gasteiger charge is 2.48. The van der Waals surface area contributed by atoms with Crippen LogP contribution in [0.1, 0.15) is 47.5 Å². The summed E-state index contributed by atoms with van der Waals surface area (Å²) in [7, 11) is 0. The van der Waals surface area contributed by atoms with Crippen LogP contribution in [0.5, 0.6) is 0 Å². The average molecular weight is 257 g/mol. The first-order chi connectivity index (χ1) is 8.16. The van der Waals surface area contributed by atoms with Gasteiger partial charge in [-0.2, -0.15) is 0 Å². The molecular weight excluding hydrogens is 234 g/mol. The van der Waals surface area contributed by atoms with E-state index in [0.717, 1.165) is 0 Å². The number of carbonyl (C=O) groups is 2. The van der Waals surface area contributed by atoms with Gasteiger partial charge in [-0.15, -0.1) is 0 Å². The largest absolute Gasteiger partial charge is 0.466 e. The molecule has 1 aliphatic carbocycles. The van der Waals surface area contributed by atoms with Crippen LogP contribution in [0.15, 0.2) is 0 Å². The van der Waals surface area contributed by atoms with Gasteiger partial charge in [0, 0.05) is 6.04 Å². The molecule has 18 heavy (non-hydrogen) atoms. The Balaban J connectivity index is 2.34. The van der Waals surface area contributed by atoms with E-state index in [-0.39, 0.29) is 12.0 Å². The third kappa shape index (κ3) is 3.89. The second-order valence-corrected chi connectivity index (χ2v) is 6.03. The van der Waals surface area contributed by atoms with E-state index in [1.807, 2.05) is 27.7 Å². The Morgan fingerprint density at radius 1 is 1.33 bits per heavy atom. The van der Waals surface area contributed by atoms with Crippen LogP contribution in [0, 0.1) is 5.41 Å². The molecule has 0 saturated heterocycles. The number of alkyl carbamates (subject to hydrolysis) is 1. The molecule has 0 aliphatic heterocycles. The highest BCUT2D eigenvalue weighted by Crippen LogP contribution is 2.41. The van der Waals surface area contributed by atoms with Crippen molar-refractivity contribution in [3.8, 4) is 0 Å². The van der Waals surface area contributed by atoms with E-state index < -0.39 is 17.1 Å². The number of esters is 1. The van der Waals surface area contributed by atoms with Crippen molar-refractivity contribution in [3.05, 3.63) is 0 Å². The summed E-state index contributed by atoms with van der Waals surface area (Å²) in [6.07, 6.45) is 0.772. The molecular formula is C13H23NO4. The monoisotopic (exact) mass is 257 g/mol. The van der Waals surface area contributed by atoms with E-state index >= 15 is 0 Å². The predicted molar refractivity (Wildman–Crippen MR) is 67.1 cm³/mol. The van der Waals surface area contributed by atoms with Gasteiger partial charge in [0.1, 0.15) is 5.60 Å². The standard InChI is InChI=1S/C13H23NO4/c1-6-17-10(15)13(5)7-9(8-13)14-11(16)18-12(2,3)4/h9H,6-8H2,1-5H3,(H,14,16). The highest BCUT2D eigenvalue weighted by molar-refractivity contribution is 5.78. The lowest BCUT2D eigenvalue weighted by Gasteiger charge is -2.42. The second-order valence-electron chi connectivity index (χ2n) is 6.03. The summed E-state index contributed by atoms with van der Waals surface area (Å²) in [6.45, 7) is 9.48. The molecule has 5 nitrogen and oxygen atoms in total. The van der Waals surface area contributed by atoms with Gasteiger partial charge < -0.3 is 14.8 Å². The maximum atomic E-state index is 11.6. The van der Waals surface area contributed by atoms with Gasteiger partial charge >= 0.3 is 12.1 Å². The fourth-order valence-electron chi connectivity index (χ4n) is 2.08. The first-order valence-electron chi connectivity index (χ1n) is 6.33. The van der Waals surface area contributed by atoms with E-state index in [1.165, 1.54) is 0 Å². The van der Waals surface area contributed by atoms with Gasteiger partial charge in [0.05, 0.1) is 12.0 Å². The molecule has 1 fully saturated rings. The van der Waals surface area contributed by atoms with E-state index in [1.54, 1.807) is 6.92 Å². The normalized spacial score (nSPS) is 27.1. The van der Waals surface area contributed by atoms with Gasteiger partial charge in [0.2, 0.25) is 0 Å². The van der Waals surface area contributed by atoms with Crippen LogP contribution < -0.4 is 5.32 Å². The Kier molecular flexibility index (Phi) is 4.24. The van der Waals surface area contributed by atoms with Gasteiger partial charge in [-0.1, -0.05) is 0 Å². The number of nitrogens with one attached hydrogen (secondary N) is 1. The van der Waals surface area contributed by atoms with E-state index in [2.05, 4.69) is 5.32 Å². The second kappa shape index (κ2) is 5.16.